The Bertz CT molecular complexity index is 1140. The number of rotatable bonds is 5. The third kappa shape index (κ3) is 4.67. The number of hydrogen-bond donors (Lipinski definition) is 0. The van der Waals surface area contributed by atoms with Gasteiger partial charge in [0.2, 0.25) is 5.91 Å². The molecule has 0 spiro atoms. The lowest BCUT2D eigenvalue weighted by Gasteiger charge is -2.23. The summed E-state index contributed by atoms with van der Waals surface area (Å²) in [6.07, 6.45) is 0.498. The molecule has 33 heavy (non-hydrogen) atoms. The van der Waals surface area contributed by atoms with E-state index in [2.05, 4.69) is 5.16 Å². The topological polar surface area (TPSA) is 66.7 Å². The highest BCUT2D eigenvalue weighted by atomic mass is 19.1. The molecule has 1 saturated heterocycles. The van der Waals surface area contributed by atoms with E-state index in [1.54, 1.807) is 41.8 Å². The lowest BCUT2D eigenvalue weighted by molar-refractivity contribution is -0.134. The molecule has 0 saturated carbocycles. The summed E-state index contributed by atoms with van der Waals surface area (Å²) in [5, 5.41) is 3.90. The van der Waals surface area contributed by atoms with Crippen LogP contribution in [0.1, 0.15) is 34.3 Å². The first-order valence-electron chi connectivity index (χ1n) is 11.2. The van der Waals surface area contributed by atoms with Crippen LogP contribution in [0, 0.1) is 25.6 Å². The van der Waals surface area contributed by atoms with E-state index < -0.39 is 0 Å². The Morgan fingerprint density at radius 2 is 1.85 bits per heavy atom. The van der Waals surface area contributed by atoms with Gasteiger partial charge < -0.3 is 14.3 Å². The van der Waals surface area contributed by atoms with Crippen molar-refractivity contribution in [2.45, 2.75) is 27.2 Å². The van der Waals surface area contributed by atoms with E-state index in [4.69, 9.17) is 4.52 Å². The summed E-state index contributed by atoms with van der Waals surface area (Å²) < 4.78 is 19.3. The van der Waals surface area contributed by atoms with Crippen LogP contribution in [-0.4, -0.2) is 52.9 Å². The Morgan fingerprint density at radius 1 is 1.12 bits per heavy atom. The van der Waals surface area contributed by atoms with Crippen LogP contribution in [0.2, 0.25) is 0 Å². The summed E-state index contributed by atoms with van der Waals surface area (Å²) in [4.78, 5) is 30.0. The van der Waals surface area contributed by atoms with Crippen molar-refractivity contribution in [2.24, 2.45) is 5.92 Å². The van der Waals surface area contributed by atoms with Gasteiger partial charge in [-0.3, -0.25) is 9.59 Å². The van der Waals surface area contributed by atoms with E-state index in [-0.39, 0.29) is 23.5 Å². The van der Waals surface area contributed by atoms with E-state index in [1.807, 2.05) is 31.2 Å². The number of benzene rings is 2. The molecule has 0 N–H and O–H groups in total. The standard InChI is InChI=1S/C26H28FN3O3/c1-4-29-13-14-30(26(32)24-17(2)28-33-18(24)3)16-21(25(29)31)15-19-9-11-20(12-10-19)22-7-5-6-8-23(22)27/h5-12,21H,4,13-16H2,1-3H3. The summed E-state index contributed by atoms with van der Waals surface area (Å²) in [5.74, 6) is -0.255. The fourth-order valence-electron chi connectivity index (χ4n) is 4.44. The van der Waals surface area contributed by atoms with Gasteiger partial charge in [-0.2, -0.15) is 0 Å². The number of carbonyl (C=O) groups excluding carboxylic acids is 2. The van der Waals surface area contributed by atoms with E-state index in [0.717, 1.165) is 11.1 Å². The molecule has 2 heterocycles. The van der Waals surface area contributed by atoms with Gasteiger partial charge in [-0.25, -0.2) is 4.39 Å². The monoisotopic (exact) mass is 449 g/mol. The minimum atomic E-state index is -0.365. The molecular weight excluding hydrogens is 421 g/mol. The second-order valence-electron chi connectivity index (χ2n) is 8.45. The maximum Gasteiger partial charge on any atom is 0.259 e. The highest BCUT2D eigenvalue weighted by Gasteiger charge is 2.33. The summed E-state index contributed by atoms with van der Waals surface area (Å²) in [6, 6.07) is 14.3. The van der Waals surface area contributed by atoms with E-state index >= 15 is 0 Å². The molecule has 0 bridgehead atoms. The predicted octanol–water partition coefficient (Wildman–Crippen LogP) is 4.26. The van der Waals surface area contributed by atoms with Crippen molar-refractivity contribution in [3.05, 3.63) is 76.9 Å². The first-order chi connectivity index (χ1) is 15.9. The second kappa shape index (κ2) is 9.57. The van der Waals surface area contributed by atoms with Crippen molar-refractivity contribution in [3.8, 4) is 11.1 Å². The lowest BCUT2D eigenvalue weighted by atomic mass is 9.95. The molecule has 1 aliphatic heterocycles. The Hall–Kier alpha value is -3.48. The van der Waals surface area contributed by atoms with Crippen LogP contribution in [-0.2, 0) is 11.2 Å². The summed E-state index contributed by atoms with van der Waals surface area (Å²) in [7, 11) is 0. The van der Waals surface area contributed by atoms with Crippen molar-refractivity contribution in [2.75, 3.05) is 26.2 Å². The lowest BCUT2D eigenvalue weighted by Crippen LogP contribution is -2.38. The quantitative estimate of drug-likeness (QED) is 0.584. The van der Waals surface area contributed by atoms with Crippen LogP contribution < -0.4 is 0 Å². The van der Waals surface area contributed by atoms with Crippen LogP contribution in [0.4, 0.5) is 4.39 Å². The van der Waals surface area contributed by atoms with Crippen LogP contribution in [0.25, 0.3) is 11.1 Å². The number of likely N-dealkylation sites (N-methyl/N-ethyl adjacent to an activating group) is 1. The zero-order valence-electron chi connectivity index (χ0n) is 19.2. The number of halogens is 1. The number of hydrogen-bond acceptors (Lipinski definition) is 4. The second-order valence-corrected chi connectivity index (χ2v) is 8.45. The Kier molecular flexibility index (Phi) is 6.58. The molecule has 1 atom stereocenters. The molecule has 3 aromatic rings. The van der Waals surface area contributed by atoms with Gasteiger partial charge in [0.15, 0.2) is 0 Å². The van der Waals surface area contributed by atoms with Gasteiger partial charge in [0, 0.05) is 31.7 Å². The average Bonchev–Trinajstić information content (AvgIpc) is 3.06. The molecule has 1 unspecified atom stereocenters. The predicted molar refractivity (Wildman–Crippen MR) is 123 cm³/mol. The Labute approximate surface area is 193 Å². The summed E-state index contributed by atoms with van der Waals surface area (Å²) in [6.45, 7) is 7.30. The smallest absolute Gasteiger partial charge is 0.259 e. The summed E-state index contributed by atoms with van der Waals surface area (Å²) in [5.41, 5.74) is 3.33. The largest absolute Gasteiger partial charge is 0.361 e. The highest BCUT2D eigenvalue weighted by Crippen LogP contribution is 2.25. The van der Waals surface area contributed by atoms with Gasteiger partial charge in [-0.05, 0) is 44.4 Å². The normalized spacial score (nSPS) is 16.7. The maximum absolute atomic E-state index is 14.1. The Morgan fingerprint density at radius 3 is 2.48 bits per heavy atom. The Balaban J connectivity index is 1.56. The van der Waals surface area contributed by atoms with E-state index in [9.17, 15) is 14.0 Å². The van der Waals surface area contributed by atoms with Crippen LogP contribution in [0.15, 0.2) is 53.1 Å². The molecular formula is C26H28FN3O3. The number of amides is 2. The highest BCUT2D eigenvalue weighted by molar-refractivity contribution is 5.96. The van der Waals surface area contributed by atoms with Crippen molar-refractivity contribution in [1.82, 2.24) is 15.0 Å². The van der Waals surface area contributed by atoms with Crippen molar-refractivity contribution in [3.63, 3.8) is 0 Å². The zero-order valence-corrected chi connectivity index (χ0v) is 19.2. The fourth-order valence-corrected chi connectivity index (χ4v) is 4.44. The van der Waals surface area contributed by atoms with Crippen LogP contribution >= 0.6 is 0 Å². The molecule has 6 nitrogen and oxygen atoms in total. The molecule has 7 heteroatoms. The van der Waals surface area contributed by atoms with E-state index in [0.29, 0.717) is 55.2 Å². The molecule has 2 aromatic carbocycles. The summed E-state index contributed by atoms with van der Waals surface area (Å²) >= 11 is 0. The van der Waals surface area contributed by atoms with Gasteiger partial charge in [-0.1, -0.05) is 47.6 Å². The van der Waals surface area contributed by atoms with E-state index in [1.165, 1.54) is 6.07 Å². The average molecular weight is 450 g/mol. The number of nitrogens with zero attached hydrogens (tertiary/aromatic N) is 3. The molecule has 1 aliphatic rings. The first-order valence-corrected chi connectivity index (χ1v) is 11.2. The molecule has 172 valence electrons. The minimum Gasteiger partial charge on any atom is -0.361 e. The molecule has 0 aliphatic carbocycles. The SMILES string of the molecule is CCN1CCN(C(=O)c2c(C)noc2C)CC(Cc2ccc(-c3ccccc3F)cc2)C1=O. The molecule has 1 fully saturated rings. The first kappa shape index (κ1) is 22.7. The van der Waals surface area contributed by atoms with Gasteiger partial charge >= 0.3 is 0 Å². The molecule has 1 aromatic heterocycles. The zero-order chi connectivity index (χ0) is 23.5. The van der Waals surface area contributed by atoms with Crippen molar-refractivity contribution in [1.29, 1.82) is 0 Å². The van der Waals surface area contributed by atoms with Gasteiger partial charge in [-0.15, -0.1) is 0 Å². The molecule has 0 radical (unpaired) electrons. The number of aromatic nitrogens is 1. The number of aryl methyl sites for hydroxylation is 2. The molecule has 2 amide bonds. The third-order valence-electron chi connectivity index (χ3n) is 6.28. The minimum absolute atomic E-state index is 0.0461. The van der Waals surface area contributed by atoms with Crippen molar-refractivity contribution < 1.29 is 18.5 Å². The van der Waals surface area contributed by atoms with Crippen molar-refractivity contribution >= 4 is 11.8 Å². The molecule has 4 rings (SSSR count). The van der Waals surface area contributed by atoms with Crippen LogP contribution in [0.3, 0.4) is 0 Å². The van der Waals surface area contributed by atoms with Gasteiger partial charge in [0.1, 0.15) is 17.1 Å². The number of carbonyl (C=O) groups is 2. The van der Waals surface area contributed by atoms with Crippen LogP contribution in [0.5, 0.6) is 0 Å². The van der Waals surface area contributed by atoms with Gasteiger partial charge in [0.05, 0.1) is 11.6 Å². The maximum atomic E-state index is 14.1. The fraction of sp³-hybridized carbons (Fsp3) is 0.346. The van der Waals surface area contributed by atoms with Gasteiger partial charge in [0.25, 0.3) is 5.91 Å². The third-order valence-corrected chi connectivity index (χ3v) is 6.28.